The number of rotatable bonds is 11. The summed E-state index contributed by atoms with van der Waals surface area (Å²) in [6, 6.07) is 13.0. The standard InChI is InChI=1S/C30H28BrFN2O7/c1-4-38-21-11-12-25(39-5-2)24(16-21)34-29(36)22(28(35)33-30(34)37)13-19-14-23(31)27(26(15-19)40-6-3)41-17-18-7-9-20(32)10-8-18/h7-16H,4-6,17H2,1-3H3,(H,33,35,37)/b22-13+. The number of imide groups is 2. The third-order valence-electron chi connectivity index (χ3n) is 5.82. The van der Waals surface area contributed by atoms with E-state index in [0.717, 1.165) is 10.5 Å². The minimum absolute atomic E-state index is 0.138. The van der Waals surface area contributed by atoms with E-state index in [2.05, 4.69) is 21.2 Å². The normalized spacial score (nSPS) is 14.2. The molecule has 4 amide bonds. The highest BCUT2D eigenvalue weighted by atomic mass is 79.9. The van der Waals surface area contributed by atoms with E-state index in [1.165, 1.54) is 24.3 Å². The molecule has 0 unspecified atom stereocenters. The molecule has 11 heteroatoms. The Morgan fingerprint density at radius 2 is 1.54 bits per heavy atom. The zero-order valence-corrected chi connectivity index (χ0v) is 24.2. The van der Waals surface area contributed by atoms with Gasteiger partial charge in [-0.05, 0) is 90.3 Å². The van der Waals surface area contributed by atoms with Gasteiger partial charge in [0, 0.05) is 6.07 Å². The van der Waals surface area contributed by atoms with Crippen LogP contribution in [0.25, 0.3) is 6.08 Å². The van der Waals surface area contributed by atoms with E-state index in [4.69, 9.17) is 18.9 Å². The average molecular weight is 627 g/mol. The van der Waals surface area contributed by atoms with E-state index in [1.54, 1.807) is 50.2 Å². The molecule has 3 aromatic rings. The highest BCUT2D eigenvalue weighted by Gasteiger charge is 2.38. The summed E-state index contributed by atoms with van der Waals surface area (Å²) >= 11 is 3.48. The number of hydrogen-bond acceptors (Lipinski definition) is 7. The van der Waals surface area contributed by atoms with Gasteiger partial charge in [-0.15, -0.1) is 0 Å². The van der Waals surface area contributed by atoms with Crippen molar-refractivity contribution in [2.45, 2.75) is 27.4 Å². The van der Waals surface area contributed by atoms with E-state index in [9.17, 15) is 18.8 Å². The zero-order chi connectivity index (χ0) is 29.5. The smallest absolute Gasteiger partial charge is 0.336 e. The van der Waals surface area contributed by atoms with Crippen LogP contribution >= 0.6 is 15.9 Å². The predicted octanol–water partition coefficient (Wildman–Crippen LogP) is 6.03. The summed E-state index contributed by atoms with van der Waals surface area (Å²) in [5.41, 5.74) is 1.05. The van der Waals surface area contributed by atoms with Gasteiger partial charge in [0.1, 0.15) is 29.5 Å². The third kappa shape index (κ3) is 6.86. The molecule has 1 fully saturated rings. The van der Waals surface area contributed by atoms with Gasteiger partial charge in [0.2, 0.25) is 0 Å². The highest BCUT2D eigenvalue weighted by molar-refractivity contribution is 9.10. The first-order valence-corrected chi connectivity index (χ1v) is 13.7. The minimum Gasteiger partial charge on any atom is -0.494 e. The molecule has 1 saturated heterocycles. The van der Waals surface area contributed by atoms with Crippen LogP contribution in [0.5, 0.6) is 23.0 Å². The summed E-state index contributed by atoms with van der Waals surface area (Å²) in [6.07, 6.45) is 1.36. The molecule has 3 aromatic carbocycles. The molecule has 214 valence electrons. The van der Waals surface area contributed by atoms with E-state index in [1.807, 2.05) is 6.92 Å². The van der Waals surface area contributed by atoms with E-state index < -0.39 is 17.8 Å². The number of barbiturate groups is 1. The third-order valence-corrected chi connectivity index (χ3v) is 6.41. The SMILES string of the molecule is CCOc1ccc(OCC)c(N2C(=O)NC(=O)/C(=C\c3cc(Br)c(OCc4ccc(F)cc4)c(OCC)c3)C2=O)c1. The van der Waals surface area contributed by atoms with Crippen LogP contribution in [0.4, 0.5) is 14.9 Å². The molecule has 1 N–H and O–H groups in total. The number of halogens is 2. The fourth-order valence-electron chi connectivity index (χ4n) is 4.06. The van der Waals surface area contributed by atoms with E-state index in [0.29, 0.717) is 40.5 Å². The topological polar surface area (TPSA) is 103 Å². The summed E-state index contributed by atoms with van der Waals surface area (Å²) in [4.78, 5) is 40.1. The van der Waals surface area contributed by atoms with Gasteiger partial charge in [-0.2, -0.15) is 0 Å². The van der Waals surface area contributed by atoms with Crippen molar-refractivity contribution in [2.24, 2.45) is 0 Å². The molecule has 41 heavy (non-hydrogen) atoms. The lowest BCUT2D eigenvalue weighted by Crippen LogP contribution is -2.54. The number of carbonyl (C=O) groups excluding carboxylic acids is 3. The number of nitrogens with zero attached hydrogens (tertiary/aromatic N) is 1. The van der Waals surface area contributed by atoms with Crippen molar-refractivity contribution >= 4 is 45.5 Å². The van der Waals surface area contributed by atoms with Gasteiger partial charge in [0.25, 0.3) is 11.8 Å². The van der Waals surface area contributed by atoms with Gasteiger partial charge in [-0.1, -0.05) is 12.1 Å². The van der Waals surface area contributed by atoms with Gasteiger partial charge < -0.3 is 18.9 Å². The Morgan fingerprint density at radius 3 is 2.22 bits per heavy atom. The summed E-state index contributed by atoms with van der Waals surface area (Å²) in [6.45, 7) is 6.51. The van der Waals surface area contributed by atoms with Gasteiger partial charge in [-0.25, -0.2) is 14.1 Å². The first-order valence-electron chi connectivity index (χ1n) is 12.9. The second-order valence-corrected chi connectivity index (χ2v) is 9.49. The van der Waals surface area contributed by atoms with Crippen molar-refractivity contribution in [2.75, 3.05) is 24.7 Å². The number of urea groups is 1. The van der Waals surface area contributed by atoms with Crippen molar-refractivity contribution in [3.63, 3.8) is 0 Å². The Morgan fingerprint density at radius 1 is 0.854 bits per heavy atom. The maximum atomic E-state index is 13.6. The van der Waals surface area contributed by atoms with Crippen LogP contribution in [0.1, 0.15) is 31.9 Å². The number of ether oxygens (including phenoxy) is 4. The fraction of sp³-hybridized carbons (Fsp3) is 0.233. The maximum Gasteiger partial charge on any atom is 0.336 e. The molecule has 1 aliphatic rings. The number of anilines is 1. The molecule has 1 aliphatic heterocycles. The summed E-state index contributed by atoms with van der Waals surface area (Å²) < 4.78 is 36.7. The Hall–Kier alpha value is -4.38. The molecule has 0 aliphatic carbocycles. The van der Waals surface area contributed by atoms with Crippen LogP contribution in [0, 0.1) is 5.82 Å². The summed E-state index contributed by atoms with van der Waals surface area (Å²) in [5.74, 6) is -0.577. The lowest BCUT2D eigenvalue weighted by Gasteiger charge is -2.28. The lowest BCUT2D eigenvalue weighted by atomic mass is 10.1. The average Bonchev–Trinajstić information content (AvgIpc) is 2.93. The van der Waals surface area contributed by atoms with Crippen LogP contribution in [0.2, 0.25) is 0 Å². The van der Waals surface area contributed by atoms with E-state index >= 15 is 0 Å². The number of benzene rings is 3. The van der Waals surface area contributed by atoms with Crippen LogP contribution < -0.4 is 29.2 Å². The van der Waals surface area contributed by atoms with Crippen LogP contribution in [0.3, 0.4) is 0 Å². The van der Waals surface area contributed by atoms with Crippen LogP contribution in [-0.4, -0.2) is 37.7 Å². The highest BCUT2D eigenvalue weighted by Crippen LogP contribution is 2.39. The largest absolute Gasteiger partial charge is 0.494 e. The molecule has 0 radical (unpaired) electrons. The second kappa shape index (κ2) is 13.3. The Bertz CT molecular complexity index is 1490. The molecule has 0 atom stereocenters. The van der Waals surface area contributed by atoms with Crippen molar-refractivity contribution in [3.8, 4) is 23.0 Å². The Kier molecular flexibility index (Phi) is 9.61. The van der Waals surface area contributed by atoms with Crippen molar-refractivity contribution in [1.82, 2.24) is 5.32 Å². The fourth-order valence-corrected chi connectivity index (χ4v) is 4.63. The molecule has 0 aromatic heterocycles. The Balaban J connectivity index is 1.69. The number of hydrogen-bond donors (Lipinski definition) is 1. The summed E-state index contributed by atoms with van der Waals surface area (Å²) in [5, 5.41) is 2.23. The van der Waals surface area contributed by atoms with Gasteiger partial charge >= 0.3 is 6.03 Å². The first kappa shape index (κ1) is 29.6. The molecule has 0 saturated carbocycles. The van der Waals surface area contributed by atoms with Crippen LogP contribution in [-0.2, 0) is 16.2 Å². The monoisotopic (exact) mass is 626 g/mol. The van der Waals surface area contributed by atoms with Crippen molar-refractivity contribution in [3.05, 3.63) is 81.6 Å². The molecular formula is C30H28BrFN2O7. The lowest BCUT2D eigenvalue weighted by molar-refractivity contribution is -0.122. The van der Waals surface area contributed by atoms with Crippen molar-refractivity contribution < 1.29 is 37.7 Å². The molecule has 9 nitrogen and oxygen atoms in total. The zero-order valence-electron chi connectivity index (χ0n) is 22.7. The molecular weight excluding hydrogens is 599 g/mol. The quantitative estimate of drug-likeness (QED) is 0.205. The number of amides is 4. The van der Waals surface area contributed by atoms with Crippen molar-refractivity contribution in [1.29, 1.82) is 0 Å². The minimum atomic E-state index is -0.910. The number of nitrogens with one attached hydrogen (secondary N) is 1. The van der Waals surface area contributed by atoms with E-state index in [-0.39, 0.29) is 36.0 Å². The predicted molar refractivity (Wildman–Crippen MR) is 154 cm³/mol. The second-order valence-electron chi connectivity index (χ2n) is 8.63. The van der Waals surface area contributed by atoms with Gasteiger partial charge in [0.15, 0.2) is 11.5 Å². The summed E-state index contributed by atoms with van der Waals surface area (Å²) in [7, 11) is 0. The Labute approximate surface area is 245 Å². The molecule has 4 rings (SSSR count). The first-order chi connectivity index (χ1) is 19.7. The molecule has 0 bridgehead atoms. The number of carbonyl (C=O) groups is 3. The van der Waals surface area contributed by atoms with Gasteiger partial charge in [0.05, 0.1) is 30.0 Å². The molecule has 0 spiro atoms. The maximum absolute atomic E-state index is 13.6. The molecule has 1 heterocycles. The van der Waals surface area contributed by atoms with Gasteiger partial charge in [-0.3, -0.25) is 14.9 Å². The van der Waals surface area contributed by atoms with Crippen LogP contribution in [0.15, 0.2) is 64.6 Å².